The molecule has 0 unspecified atom stereocenters. The van der Waals surface area contributed by atoms with Crippen molar-refractivity contribution >= 4 is 15.7 Å². The molecule has 0 bridgehead atoms. The summed E-state index contributed by atoms with van der Waals surface area (Å²) in [6.45, 7) is 1.64. The first-order valence-electron chi connectivity index (χ1n) is 5.32. The number of hydrogen-bond acceptors (Lipinski definition) is 4. The average Bonchev–Trinajstić information content (AvgIpc) is 2.34. The van der Waals surface area contributed by atoms with E-state index in [1.54, 1.807) is 19.1 Å². The number of aryl methyl sites for hydroxylation is 1. The smallest absolute Gasteiger partial charge is 0.263 e. The van der Waals surface area contributed by atoms with Gasteiger partial charge >= 0.3 is 0 Å². The lowest BCUT2D eigenvalue weighted by molar-refractivity contribution is 0.477. The zero-order valence-corrected chi connectivity index (χ0v) is 10.8. The van der Waals surface area contributed by atoms with Crippen molar-refractivity contribution in [1.82, 2.24) is 4.98 Å². The van der Waals surface area contributed by atoms with Gasteiger partial charge in [-0.1, -0.05) is 12.1 Å². The molecule has 0 aliphatic heterocycles. The second-order valence-corrected chi connectivity index (χ2v) is 5.60. The van der Waals surface area contributed by atoms with Crippen molar-refractivity contribution in [3.8, 4) is 5.75 Å². The van der Waals surface area contributed by atoms with E-state index in [9.17, 15) is 17.9 Å². The molecule has 1 aromatic heterocycles. The lowest BCUT2D eigenvalue weighted by Crippen LogP contribution is -2.14. The second kappa shape index (κ2) is 4.85. The van der Waals surface area contributed by atoms with E-state index in [0.717, 1.165) is 18.5 Å². The summed E-state index contributed by atoms with van der Waals surface area (Å²) in [6, 6.07) is 5.44. The van der Waals surface area contributed by atoms with Gasteiger partial charge in [0.05, 0.1) is 11.9 Å². The quantitative estimate of drug-likeness (QED) is 0.844. The number of phenols is 1. The Morgan fingerprint density at radius 3 is 2.68 bits per heavy atom. The molecule has 0 amide bonds. The largest absolute Gasteiger partial charge is 0.506 e. The minimum Gasteiger partial charge on any atom is -0.506 e. The summed E-state index contributed by atoms with van der Waals surface area (Å²) in [7, 11) is -3.99. The number of para-hydroxylation sites is 1. The van der Waals surface area contributed by atoms with Crippen LogP contribution in [0.4, 0.5) is 10.1 Å². The van der Waals surface area contributed by atoms with Crippen LogP contribution >= 0.6 is 0 Å². The predicted octanol–water partition coefficient (Wildman–Crippen LogP) is 2.04. The molecule has 0 aliphatic carbocycles. The van der Waals surface area contributed by atoms with E-state index in [1.165, 1.54) is 6.07 Å². The number of hydrogen-bond donors (Lipinski definition) is 2. The molecule has 0 atom stereocenters. The Balaban J connectivity index is 2.42. The van der Waals surface area contributed by atoms with Crippen molar-refractivity contribution < 1.29 is 17.9 Å². The summed E-state index contributed by atoms with van der Waals surface area (Å²) in [5.74, 6) is -0.954. The number of aromatic nitrogens is 1. The minimum absolute atomic E-state index is 0.0618. The molecule has 0 fully saturated rings. The third-order valence-electron chi connectivity index (χ3n) is 2.48. The van der Waals surface area contributed by atoms with Gasteiger partial charge in [0.15, 0.2) is 0 Å². The van der Waals surface area contributed by atoms with Crippen LogP contribution in [0, 0.1) is 12.7 Å². The lowest BCUT2D eigenvalue weighted by Gasteiger charge is -2.11. The van der Waals surface area contributed by atoms with Crippen molar-refractivity contribution in [2.24, 2.45) is 0 Å². The Kier molecular flexibility index (Phi) is 3.39. The predicted molar refractivity (Wildman–Crippen MR) is 67.8 cm³/mol. The van der Waals surface area contributed by atoms with Crippen LogP contribution in [0.25, 0.3) is 0 Å². The summed E-state index contributed by atoms with van der Waals surface area (Å²) in [4.78, 5) is 3.17. The van der Waals surface area contributed by atoms with E-state index in [-0.39, 0.29) is 16.3 Å². The molecule has 5 nitrogen and oxygen atoms in total. The van der Waals surface area contributed by atoms with E-state index >= 15 is 0 Å². The maximum absolute atomic E-state index is 13.0. The molecule has 2 N–H and O–H groups in total. The first-order valence-corrected chi connectivity index (χ1v) is 6.80. The normalized spacial score (nSPS) is 11.3. The topological polar surface area (TPSA) is 79.3 Å². The van der Waals surface area contributed by atoms with Crippen molar-refractivity contribution in [3.05, 3.63) is 48.0 Å². The first kappa shape index (κ1) is 13.3. The van der Waals surface area contributed by atoms with Crippen molar-refractivity contribution in [1.29, 1.82) is 0 Å². The Labute approximate surface area is 109 Å². The van der Waals surface area contributed by atoms with Gasteiger partial charge in [0.2, 0.25) is 0 Å². The molecule has 2 aromatic rings. The van der Waals surface area contributed by atoms with Crippen LogP contribution in [0.3, 0.4) is 0 Å². The van der Waals surface area contributed by atoms with Crippen LogP contribution in [0.15, 0.2) is 41.6 Å². The number of anilines is 1. The Morgan fingerprint density at radius 1 is 1.32 bits per heavy atom. The summed E-state index contributed by atoms with van der Waals surface area (Å²) in [6.07, 6.45) is 1.94. The van der Waals surface area contributed by atoms with Gasteiger partial charge in [-0.3, -0.25) is 9.71 Å². The van der Waals surface area contributed by atoms with Crippen molar-refractivity contribution in [3.63, 3.8) is 0 Å². The zero-order chi connectivity index (χ0) is 14.0. The van der Waals surface area contributed by atoms with E-state index < -0.39 is 15.8 Å². The van der Waals surface area contributed by atoms with Crippen molar-refractivity contribution in [2.45, 2.75) is 11.8 Å². The molecule has 0 saturated heterocycles. The van der Waals surface area contributed by atoms with Gasteiger partial charge in [-0.05, 0) is 24.6 Å². The number of aromatic hydroxyl groups is 1. The summed E-state index contributed by atoms with van der Waals surface area (Å²) < 4.78 is 39.3. The fourth-order valence-corrected chi connectivity index (χ4v) is 2.64. The van der Waals surface area contributed by atoms with Gasteiger partial charge in [0, 0.05) is 6.20 Å². The van der Waals surface area contributed by atoms with Gasteiger partial charge < -0.3 is 5.11 Å². The van der Waals surface area contributed by atoms with E-state index in [2.05, 4.69) is 9.71 Å². The highest BCUT2D eigenvalue weighted by Gasteiger charge is 2.18. The number of nitrogens with one attached hydrogen (secondary N) is 1. The number of nitrogens with zero attached hydrogens (tertiary/aromatic N) is 1. The van der Waals surface area contributed by atoms with Gasteiger partial charge in [-0.15, -0.1) is 0 Å². The number of sulfonamides is 1. The van der Waals surface area contributed by atoms with E-state index in [4.69, 9.17) is 0 Å². The minimum atomic E-state index is -3.99. The van der Waals surface area contributed by atoms with Crippen LogP contribution in [0.1, 0.15) is 5.56 Å². The molecule has 1 heterocycles. The van der Waals surface area contributed by atoms with E-state index in [0.29, 0.717) is 5.56 Å². The second-order valence-electron chi connectivity index (χ2n) is 3.91. The highest BCUT2D eigenvalue weighted by molar-refractivity contribution is 7.92. The number of phenolic OH excluding ortho intramolecular Hbond substituents is 1. The highest BCUT2D eigenvalue weighted by atomic mass is 32.2. The van der Waals surface area contributed by atoms with Gasteiger partial charge in [-0.25, -0.2) is 12.8 Å². The molecule has 1 aromatic carbocycles. The molecule has 0 spiro atoms. The van der Waals surface area contributed by atoms with Crippen LogP contribution in [-0.2, 0) is 10.0 Å². The molecule has 0 radical (unpaired) electrons. The summed E-state index contributed by atoms with van der Waals surface area (Å²) >= 11 is 0. The summed E-state index contributed by atoms with van der Waals surface area (Å²) in [5.41, 5.74) is 0.611. The zero-order valence-electron chi connectivity index (χ0n) is 9.96. The number of halogens is 1. The molecule has 2 rings (SSSR count). The van der Waals surface area contributed by atoms with Gasteiger partial charge in [0.25, 0.3) is 10.0 Å². The Morgan fingerprint density at radius 2 is 2.05 bits per heavy atom. The summed E-state index contributed by atoms with van der Waals surface area (Å²) in [5, 5.41) is 9.64. The van der Waals surface area contributed by atoms with Crippen LogP contribution in [-0.4, -0.2) is 18.5 Å². The highest BCUT2D eigenvalue weighted by Crippen LogP contribution is 2.28. The number of benzene rings is 1. The molecule has 0 aliphatic rings. The Bertz CT molecular complexity index is 696. The molecule has 100 valence electrons. The van der Waals surface area contributed by atoms with Gasteiger partial charge in [0.1, 0.15) is 16.5 Å². The van der Waals surface area contributed by atoms with Crippen molar-refractivity contribution in [2.75, 3.05) is 4.72 Å². The van der Waals surface area contributed by atoms with Crippen LogP contribution in [0.2, 0.25) is 0 Å². The van der Waals surface area contributed by atoms with Crippen LogP contribution in [0.5, 0.6) is 5.75 Å². The monoisotopic (exact) mass is 282 g/mol. The third kappa shape index (κ3) is 2.82. The van der Waals surface area contributed by atoms with Gasteiger partial charge in [-0.2, -0.15) is 0 Å². The standard InChI is InChI=1S/C12H11FN2O3S/c1-8-3-2-4-11(16)12(8)15-19(17,18)10-5-9(13)6-14-7-10/h2-7,15-16H,1H3. The fraction of sp³-hybridized carbons (Fsp3) is 0.0833. The number of rotatable bonds is 3. The Hall–Kier alpha value is -2.15. The van der Waals surface area contributed by atoms with Crippen LogP contribution < -0.4 is 4.72 Å². The number of pyridine rings is 1. The molecule has 19 heavy (non-hydrogen) atoms. The SMILES string of the molecule is Cc1cccc(O)c1NS(=O)(=O)c1cncc(F)c1. The maximum atomic E-state index is 13.0. The first-order chi connectivity index (χ1) is 8.90. The molecular formula is C12H11FN2O3S. The lowest BCUT2D eigenvalue weighted by atomic mass is 10.2. The maximum Gasteiger partial charge on any atom is 0.263 e. The molecule has 0 saturated carbocycles. The molecule has 7 heteroatoms. The molecular weight excluding hydrogens is 271 g/mol. The third-order valence-corrected chi connectivity index (χ3v) is 3.79. The fourth-order valence-electron chi connectivity index (χ4n) is 1.52. The average molecular weight is 282 g/mol. The van der Waals surface area contributed by atoms with E-state index in [1.807, 2.05) is 0 Å².